The molecule has 0 aliphatic heterocycles. The average Bonchev–Trinajstić information content (AvgIpc) is 2.92. The molecule has 1 aliphatic carbocycles. The van der Waals surface area contributed by atoms with Gasteiger partial charge in [-0.3, -0.25) is 0 Å². The van der Waals surface area contributed by atoms with E-state index >= 15 is 0 Å². The summed E-state index contributed by atoms with van der Waals surface area (Å²) in [6.07, 6.45) is 6.43. The number of aromatic nitrogens is 3. The Kier molecular flexibility index (Phi) is 5.41. The van der Waals surface area contributed by atoms with Crippen molar-refractivity contribution in [2.45, 2.75) is 66.3 Å². The Morgan fingerprint density at radius 1 is 1.25 bits per heavy atom. The maximum atomic E-state index is 6.02. The summed E-state index contributed by atoms with van der Waals surface area (Å²) in [4.78, 5) is 6.42. The van der Waals surface area contributed by atoms with Gasteiger partial charge in [-0.05, 0) is 56.4 Å². The molecule has 0 amide bonds. The maximum absolute atomic E-state index is 6.02. The number of allylic oxidation sites excluding steroid dienone is 2. The van der Waals surface area contributed by atoms with Crippen LogP contribution >= 0.6 is 0 Å². The first-order valence-corrected chi connectivity index (χ1v) is 8.88. The molecule has 1 saturated carbocycles. The summed E-state index contributed by atoms with van der Waals surface area (Å²) in [6, 6.07) is 0.497. The topological polar surface area (TPSA) is 60.0 Å². The molecular formula is C19H33N5. The van der Waals surface area contributed by atoms with Crippen molar-refractivity contribution in [3.05, 3.63) is 24.1 Å². The first kappa shape index (κ1) is 18.6. The molecule has 24 heavy (non-hydrogen) atoms. The molecule has 0 saturated heterocycles. The fourth-order valence-electron chi connectivity index (χ4n) is 3.68. The summed E-state index contributed by atoms with van der Waals surface area (Å²) < 4.78 is 1.74. The van der Waals surface area contributed by atoms with Crippen molar-refractivity contribution in [2.24, 2.45) is 11.3 Å². The minimum absolute atomic E-state index is 0.395. The van der Waals surface area contributed by atoms with E-state index in [1.54, 1.807) is 4.68 Å². The van der Waals surface area contributed by atoms with Gasteiger partial charge in [0.2, 0.25) is 5.95 Å². The lowest BCUT2D eigenvalue weighted by molar-refractivity contribution is 0.133. The average molecular weight is 332 g/mol. The van der Waals surface area contributed by atoms with Gasteiger partial charge in [0.15, 0.2) is 0 Å². The van der Waals surface area contributed by atoms with Crippen LogP contribution in [0.3, 0.4) is 0 Å². The molecule has 1 aliphatic rings. The smallest absolute Gasteiger partial charge is 0.224 e. The van der Waals surface area contributed by atoms with E-state index in [0.29, 0.717) is 17.4 Å². The van der Waals surface area contributed by atoms with E-state index in [-0.39, 0.29) is 0 Å². The molecule has 5 nitrogen and oxygen atoms in total. The molecule has 1 heterocycles. The summed E-state index contributed by atoms with van der Waals surface area (Å²) in [5, 5.41) is 4.33. The Bertz CT molecular complexity index is 612. The summed E-state index contributed by atoms with van der Waals surface area (Å²) in [7, 11) is 2.14. The van der Waals surface area contributed by atoms with Crippen LogP contribution in [-0.4, -0.2) is 32.8 Å². The molecule has 1 aromatic rings. The standard InChI is InChI=1S/C19H33N5/c1-13(2)14(3)17(24-18(20)21-12-22-24)23(7)16-10-8-15(9-11-16)19(4,5)6/h12,15-16H,1,8-11H2,2-7H3,(H2,20,21,22)/b17-14-. The third-order valence-electron chi connectivity index (χ3n) is 5.55. The highest BCUT2D eigenvalue weighted by atomic mass is 15.4. The van der Waals surface area contributed by atoms with Crippen molar-refractivity contribution < 1.29 is 0 Å². The van der Waals surface area contributed by atoms with Crippen LogP contribution in [0.25, 0.3) is 5.82 Å². The minimum atomic E-state index is 0.395. The lowest BCUT2D eigenvalue weighted by Gasteiger charge is -2.41. The van der Waals surface area contributed by atoms with Crippen molar-refractivity contribution in [1.29, 1.82) is 0 Å². The Morgan fingerprint density at radius 3 is 2.25 bits per heavy atom. The molecule has 0 radical (unpaired) electrons. The first-order chi connectivity index (χ1) is 11.1. The zero-order valence-electron chi connectivity index (χ0n) is 16.1. The molecule has 134 valence electrons. The Balaban J connectivity index is 2.25. The zero-order chi connectivity index (χ0) is 18.1. The van der Waals surface area contributed by atoms with Crippen molar-refractivity contribution in [2.75, 3.05) is 12.8 Å². The highest BCUT2D eigenvalue weighted by molar-refractivity contribution is 5.56. The quantitative estimate of drug-likeness (QED) is 0.842. The second-order valence-electron chi connectivity index (χ2n) is 8.24. The molecule has 1 aromatic heterocycles. The van der Waals surface area contributed by atoms with E-state index in [1.165, 1.54) is 32.0 Å². The van der Waals surface area contributed by atoms with Gasteiger partial charge in [-0.15, -0.1) is 0 Å². The molecule has 0 unspecified atom stereocenters. The summed E-state index contributed by atoms with van der Waals surface area (Å²) in [5.41, 5.74) is 8.55. The normalized spacial score (nSPS) is 22.9. The van der Waals surface area contributed by atoms with Gasteiger partial charge in [-0.2, -0.15) is 14.8 Å². The van der Waals surface area contributed by atoms with Gasteiger partial charge < -0.3 is 10.6 Å². The number of nitrogens with two attached hydrogens (primary N) is 1. The molecule has 0 aromatic carbocycles. The van der Waals surface area contributed by atoms with E-state index in [4.69, 9.17) is 5.73 Å². The predicted molar refractivity (Wildman–Crippen MR) is 101 cm³/mol. The number of rotatable bonds is 4. The number of anilines is 1. The van der Waals surface area contributed by atoms with Crippen LogP contribution in [0.4, 0.5) is 5.95 Å². The minimum Gasteiger partial charge on any atom is -0.368 e. The van der Waals surface area contributed by atoms with Gasteiger partial charge in [0.25, 0.3) is 0 Å². The number of nitrogen functional groups attached to an aromatic ring is 1. The number of hydrogen-bond acceptors (Lipinski definition) is 4. The van der Waals surface area contributed by atoms with Crippen molar-refractivity contribution in [3.8, 4) is 0 Å². The monoisotopic (exact) mass is 331 g/mol. The third-order valence-corrected chi connectivity index (χ3v) is 5.55. The summed E-state index contributed by atoms with van der Waals surface area (Å²) in [6.45, 7) is 15.3. The SMILES string of the molecule is C=C(C)/C(C)=C(/N(C)C1CCC(C(C)(C)C)CC1)n1ncnc1N. The molecule has 2 N–H and O–H groups in total. The van der Waals surface area contributed by atoms with Gasteiger partial charge in [-0.25, -0.2) is 0 Å². The summed E-state index contributed by atoms with van der Waals surface area (Å²) >= 11 is 0. The van der Waals surface area contributed by atoms with E-state index in [9.17, 15) is 0 Å². The summed E-state index contributed by atoms with van der Waals surface area (Å²) in [5.74, 6) is 2.21. The van der Waals surface area contributed by atoms with Crippen LogP contribution < -0.4 is 5.73 Å². The van der Waals surface area contributed by atoms with Gasteiger partial charge in [-0.1, -0.05) is 32.9 Å². The highest BCUT2D eigenvalue weighted by Gasteiger charge is 2.32. The van der Waals surface area contributed by atoms with E-state index < -0.39 is 0 Å². The second-order valence-corrected chi connectivity index (χ2v) is 8.24. The van der Waals surface area contributed by atoms with E-state index in [2.05, 4.69) is 56.3 Å². The van der Waals surface area contributed by atoms with Gasteiger partial charge in [0.05, 0.1) is 0 Å². The first-order valence-electron chi connectivity index (χ1n) is 8.88. The molecule has 5 heteroatoms. The van der Waals surface area contributed by atoms with E-state index in [0.717, 1.165) is 22.9 Å². The van der Waals surface area contributed by atoms with Crippen LogP contribution in [0.1, 0.15) is 60.3 Å². The molecule has 1 fully saturated rings. The van der Waals surface area contributed by atoms with Gasteiger partial charge in [0, 0.05) is 13.1 Å². The Labute approximate surface area is 146 Å². The van der Waals surface area contributed by atoms with Gasteiger partial charge in [0.1, 0.15) is 12.1 Å². The zero-order valence-corrected chi connectivity index (χ0v) is 16.1. The fraction of sp³-hybridized carbons (Fsp3) is 0.684. The van der Waals surface area contributed by atoms with Crippen molar-refractivity contribution >= 4 is 11.8 Å². The lowest BCUT2D eigenvalue weighted by Crippen LogP contribution is -2.38. The number of hydrogen-bond donors (Lipinski definition) is 1. The van der Waals surface area contributed by atoms with Crippen molar-refractivity contribution in [3.63, 3.8) is 0 Å². The molecule has 0 spiro atoms. The molecular weight excluding hydrogens is 298 g/mol. The Morgan fingerprint density at radius 2 is 1.83 bits per heavy atom. The maximum Gasteiger partial charge on any atom is 0.224 e. The van der Waals surface area contributed by atoms with Crippen LogP contribution in [0, 0.1) is 11.3 Å². The largest absolute Gasteiger partial charge is 0.368 e. The molecule has 0 atom stereocenters. The predicted octanol–water partition coefficient (Wildman–Crippen LogP) is 4.16. The highest BCUT2D eigenvalue weighted by Crippen LogP contribution is 2.40. The van der Waals surface area contributed by atoms with Crippen molar-refractivity contribution in [1.82, 2.24) is 19.7 Å². The van der Waals surface area contributed by atoms with Crippen LogP contribution in [0.5, 0.6) is 0 Å². The third kappa shape index (κ3) is 3.82. The fourth-order valence-corrected chi connectivity index (χ4v) is 3.68. The number of nitrogens with zero attached hydrogens (tertiary/aromatic N) is 4. The lowest BCUT2D eigenvalue weighted by atomic mass is 9.71. The molecule has 0 bridgehead atoms. The molecule has 2 rings (SSSR count). The second kappa shape index (κ2) is 6.99. The van der Waals surface area contributed by atoms with Crippen LogP contribution in [-0.2, 0) is 0 Å². The van der Waals surface area contributed by atoms with Gasteiger partial charge >= 0.3 is 0 Å². The Hall–Kier alpha value is -1.78. The van der Waals surface area contributed by atoms with Crippen LogP contribution in [0.2, 0.25) is 0 Å². The van der Waals surface area contributed by atoms with Crippen LogP contribution in [0.15, 0.2) is 24.1 Å². The van der Waals surface area contributed by atoms with E-state index in [1.807, 2.05) is 6.92 Å².